The average Bonchev–Trinajstić information content (AvgIpc) is 2.60. The number of benzene rings is 1. The lowest BCUT2D eigenvalue weighted by atomic mass is 9.90. The Morgan fingerprint density at radius 2 is 1.84 bits per heavy atom. The molecule has 0 aliphatic carbocycles. The van der Waals surface area contributed by atoms with Crippen LogP contribution >= 0.6 is 0 Å². The number of rotatable bonds is 11. The van der Waals surface area contributed by atoms with E-state index in [2.05, 4.69) is 23.3 Å². The SMILES string of the molecule is CCCc1ccccc1NC(C)(CC)C(=O)CC/N=C(\CC)C(C)=O. The number of carbonyl (C=O) groups is 2. The Bertz CT molecular complexity index is 622. The van der Waals surface area contributed by atoms with Gasteiger partial charge in [0, 0.05) is 25.6 Å². The molecule has 0 aliphatic rings. The minimum atomic E-state index is -0.623. The maximum absolute atomic E-state index is 12.8. The van der Waals surface area contributed by atoms with Gasteiger partial charge in [0.25, 0.3) is 0 Å². The van der Waals surface area contributed by atoms with Gasteiger partial charge in [0.2, 0.25) is 0 Å². The van der Waals surface area contributed by atoms with Crippen LogP contribution in [0.15, 0.2) is 29.3 Å². The molecule has 1 unspecified atom stereocenters. The van der Waals surface area contributed by atoms with Crippen LogP contribution in [-0.2, 0) is 16.0 Å². The van der Waals surface area contributed by atoms with Gasteiger partial charge >= 0.3 is 0 Å². The summed E-state index contributed by atoms with van der Waals surface area (Å²) in [6.07, 6.45) is 3.69. The molecule has 0 spiro atoms. The number of nitrogens with zero attached hydrogens (tertiary/aromatic N) is 1. The van der Waals surface area contributed by atoms with Gasteiger partial charge in [-0.2, -0.15) is 0 Å². The molecule has 1 aromatic rings. The molecule has 0 bridgehead atoms. The topological polar surface area (TPSA) is 58.5 Å². The highest BCUT2D eigenvalue weighted by Gasteiger charge is 2.30. The molecule has 0 saturated heterocycles. The van der Waals surface area contributed by atoms with Gasteiger partial charge in [0.15, 0.2) is 11.6 Å². The monoisotopic (exact) mass is 344 g/mol. The van der Waals surface area contributed by atoms with E-state index in [0.29, 0.717) is 31.5 Å². The predicted molar refractivity (Wildman–Crippen MR) is 106 cm³/mol. The smallest absolute Gasteiger partial charge is 0.173 e. The highest BCUT2D eigenvalue weighted by Crippen LogP contribution is 2.25. The summed E-state index contributed by atoms with van der Waals surface area (Å²) < 4.78 is 0. The molecule has 1 atom stereocenters. The van der Waals surface area contributed by atoms with Gasteiger partial charge < -0.3 is 5.32 Å². The quantitative estimate of drug-likeness (QED) is 0.596. The highest BCUT2D eigenvalue weighted by atomic mass is 16.1. The second-order valence-electron chi connectivity index (χ2n) is 6.63. The third-order valence-electron chi connectivity index (χ3n) is 4.65. The molecule has 0 fully saturated rings. The van der Waals surface area contributed by atoms with Crippen LogP contribution in [0.1, 0.15) is 65.9 Å². The van der Waals surface area contributed by atoms with E-state index in [9.17, 15) is 9.59 Å². The maximum atomic E-state index is 12.8. The molecule has 4 heteroatoms. The summed E-state index contributed by atoms with van der Waals surface area (Å²) in [6, 6.07) is 8.17. The van der Waals surface area contributed by atoms with Crippen molar-refractivity contribution in [2.75, 3.05) is 11.9 Å². The molecule has 1 rings (SSSR count). The summed E-state index contributed by atoms with van der Waals surface area (Å²) in [5, 5.41) is 3.47. The fourth-order valence-electron chi connectivity index (χ4n) is 2.82. The Labute approximate surface area is 152 Å². The van der Waals surface area contributed by atoms with Crippen molar-refractivity contribution in [3.63, 3.8) is 0 Å². The van der Waals surface area contributed by atoms with E-state index in [0.717, 1.165) is 18.5 Å². The normalized spacial score (nSPS) is 14.0. The van der Waals surface area contributed by atoms with E-state index in [1.54, 1.807) is 0 Å². The molecule has 0 heterocycles. The van der Waals surface area contributed by atoms with Crippen molar-refractivity contribution in [3.05, 3.63) is 29.8 Å². The maximum Gasteiger partial charge on any atom is 0.173 e. The van der Waals surface area contributed by atoms with Crippen LogP contribution in [0.4, 0.5) is 5.69 Å². The van der Waals surface area contributed by atoms with Gasteiger partial charge in [-0.3, -0.25) is 14.6 Å². The molecule has 0 amide bonds. The van der Waals surface area contributed by atoms with Crippen molar-refractivity contribution in [1.29, 1.82) is 0 Å². The molecule has 0 aromatic heterocycles. The number of anilines is 1. The number of aryl methyl sites for hydroxylation is 1. The number of nitrogens with one attached hydrogen (secondary N) is 1. The van der Waals surface area contributed by atoms with Crippen LogP contribution in [0.2, 0.25) is 0 Å². The van der Waals surface area contributed by atoms with Gasteiger partial charge in [-0.25, -0.2) is 0 Å². The minimum Gasteiger partial charge on any atom is -0.373 e. The second-order valence-corrected chi connectivity index (χ2v) is 6.63. The summed E-state index contributed by atoms with van der Waals surface area (Å²) in [7, 11) is 0. The minimum absolute atomic E-state index is 0.0141. The molecular formula is C21H32N2O2. The molecule has 1 aromatic carbocycles. The van der Waals surface area contributed by atoms with Crippen molar-refractivity contribution in [3.8, 4) is 0 Å². The number of para-hydroxylation sites is 1. The lowest BCUT2D eigenvalue weighted by Crippen LogP contribution is -2.43. The zero-order valence-corrected chi connectivity index (χ0v) is 16.3. The zero-order valence-electron chi connectivity index (χ0n) is 16.3. The Hall–Kier alpha value is -1.97. The third-order valence-corrected chi connectivity index (χ3v) is 4.65. The molecule has 25 heavy (non-hydrogen) atoms. The van der Waals surface area contributed by atoms with Crippen molar-refractivity contribution < 1.29 is 9.59 Å². The van der Waals surface area contributed by atoms with Gasteiger partial charge in [-0.15, -0.1) is 0 Å². The Balaban J connectivity index is 2.84. The van der Waals surface area contributed by atoms with E-state index >= 15 is 0 Å². The fourth-order valence-corrected chi connectivity index (χ4v) is 2.82. The number of Topliss-reactive ketones (excluding diaryl/α,β-unsaturated/α-hetero) is 2. The first kappa shape index (κ1) is 21.1. The molecule has 4 nitrogen and oxygen atoms in total. The van der Waals surface area contributed by atoms with E-state index in [1.807, 2.05) is 39.0 Å². The summed E-state index contributed by atoms with van der Waals surface area (Å²) in [5.41, 5.74) is 2.21. The standard InChI is InChI=1S/C21H32N2O2/c1-6-11-17-12-9-10-13-19(17)23-21(5,8-3)20(25)14-15-22-18(7-2)16(4)24/h9-10,12-13,23H,6-8,11,14-15H2,1-5H3/b22-18+. The molecule has 1 N–H and O–H groups in total. The van der Waals surface area contributed by atoms with Crippen LogP contribution in [0.3, 0.4) is 0 Å². The van der Waals surface area contributed by atoms with Gasteiger partial charge in [-0.05, 0) is 37.8 Å². The first-order chi connectivity index (χ1) is 11.9. The van der Waals surface area contributed by atoms with Crippen molar-refractivity contribution in [1.82, 2.24) is 0 Å². The summed E-state index contributed by atoms with van der Waals surface area (Å²) in [5.74, 6) is 0.115. The fraction of sp³-hybridized carbons (Fsp3) is 0.571. The molecule has 0 radical (unpaired) electrons. The van der Waals surface area contributed by atoms with E-state index < -0.39 is 5.54 Å². The number of ketones is 2. The van der Waals surface area contributed by atoms with Gasteiger partial charge in [-0.1, -0.05) is 45.4 Å². The predicted octanol–water partition coefficient (Wildman–Crippen LogP) is 4.62. The van der Waals surface area contributed by atoms with Crippen molar-refractivity contribution in [2.45, 2.75) is 72.3 Å². The van der Waals surface area contributed by atoms with E-state index in [1.165, 1.54) is 12.5 Å². The third kappa shape index (κ3) is 6.11. The molecule has 138 valence electrons. The summed E-state index contributed by atoms with van der Waals surface area (Å²) in [4.78, 5) is 28.5. The average molecular weight is 344 g/mol. The van der Waals surface area contributed by atoms with Gasteiger partial charge in [0.1, 0.15) is 0 Å². The van der Waals surface area contributed by atoms with Gasteiger partial charge in [0.05, 0.1) is 11.3 Å². The largest absolute Gasteiger partial charge is 0.373 e. The first-order valence-electron chi connectivity index (χ1n) is 9.31. The Morgan fingerprint density at radius 1 is 1.16 bits per heavy atom. The number of hydrogen-bond acceptors (Lipinski definition) is 4. The van der Waals surface area contributed by atoms with Crippen LogP contribution in [0.5, 0.6) is 0 Å². The van der Waals surface area contributed by atoms with Crippen LogP contribution < -0.4 is 5.32 Å². The zero-order chi connectivity index (χ0) is 18.9. The molecule has 0 aliphatic heterocycles. The Kier molecular flexibility index (Phi) is 8.53. The first-order valence-corrected chi connectivity index (χ1v) is 9.31. The van der Waals surface area contributed by atoms with Crippen LogP contribution in [0.25, 0.3) is 0 Å². The number of hydrogen-bond donors (Lipinski definition) is 1. The van der Waals surface area contributed by atoms with Crippen LogP contribution in [0, 0.1) is 0 Å². The lowest BCUT2D eigenvalue weighted by Gasteiger charge is -2.30. The van der Waals surface area contributed by atoms with Crippen molar-refractivity contribution in [2.24, 2.45) is 4.99 Å². The Morgan fingerprint density at radius 3 is 2.40 bits per heavy atom. The van der Waals surface area contributed by atoms with Crippen LogP contribution in [-0.4, -0.2) is 29.4 Å². The lowest BCUT2D eigenvalue weighted by molar-refractivity contribution is -0.122. The summed E-state index contributed by atoms with van der Waals surface area (Å²) >= 11 is 0. The number of carbonyl (C=O) groups excluding carboxylic acids is 2. The van der Waals surface area contributed by atoms with Crippen molar-refractivity contribution >= 4 is 23.0 Å². The van der Waals surface area contributed by atoms with E-state index in [4.69, 9.17) is 0 Å². The second kappa shape index (κ2) is 10.1. The van der Waals surface area contributed by atoms with E-state index in [-0.39, 0.29) is 11.6 Å². The number of aliphatic imine (C=N–C) groups is 1. The summed E-state index contributed by atoms with van der Waals surface area (Å²) in [6.45, 7) is 9.92. The molecule has 0 saturated carbocycles. The molecular weight excluding hydrogens is 312 g/mol. The highest BCUT2D eigenvalue weighted by molar-refractivity contribution is 6.38.